The van der Waals surface area contributed by atoms with Crippen molar-refractivity contribution in [3.05, 3.63) is 130 Å². The van der Waals surface area contributed by atoms with Gasteiger partial charge in [-0.1, -0.05) is 132 Å². The molecule has 0 aliphatic heterocycles. The first kappa shape index (κ1) is 41.0. The van der Waals surface area contributed by atoms with Crippen LogP contribution >= 0.6 is 0 Å². The SMILES string of the molecule is C#Cc1cc(C#CC)c2ccccc2c1.C#Cc1cc(C#CC)cc2ccccc12.C#Cc1cccc(C#CC)c1.CC.CC.CC. The molecule has 5 rings (SSSR count). The zero-order chi connectivity index (χ0) is 35.5. The lowest BCUT2D eigenvalue weighted by atomic mass is 10.0. The standard InChI is InChI=1S/2C15H10.C11H8.3C2H6/c1-3-7-12-10-13(4-2)15-9-6-5-8-14(15)11-12;1-3-7-13-10-12(4-2)11-14-8-5-6-9-15(13)14;1-3-6-11-8-5-7-10(4-2)9-11;3*1-2/h2*2,5-6,8-11H,1H3;2,5,7-9H,1H3;3*1-2H3. The number of hydrogen-bond acceptors (Lipinski definition) is 0. The van der Waals surface area contributed by atoms with Gasteiger partial charge in [-0.05, 0) is 84.8 Å². The van der Waals surface area contributed by atoms with Gasteiger partial charge in [0, 0.05) is 33.4 Å². The molecule has 0 saturated carbocycles. The maximum Gasteiger partial charge on any atom is 0.0336 e. The van der Waals surface area contributed by atoms with E-state index in [-0.39, 0.29) is 0 Å². The minimum absolute atomic E-state index is 0.880. The van der Waals surface area contributed by atoms with Gasteiger partial charge in [-0.15, -0.1) is 37.0 Å². The molecule has 0 N–H and O–H groups in total. The van der Waals surface area contributed by atoms with Crippen molar-refractivity contribution in [2.45, 2.75) is 62.3 Å². The summed E-state index contributed by atoms with van der Waals surface area (Å²) in [5.74, 6) is 25.6. The zero-order valence-corrected chi connectivity index (χ0v) is 29.5. The van der Waals surface area contributed by atoms with Gasteiger partial charge < -0.3 is 0 Å². The average molecular weight is 611 g/mol. The van der Waals surface area contributed by atoms with Crippen LogP contribution in [0.2, 0.25) is 0 Å². The monoisotopic (exact) mass is 610 g/mol. The Bertz CT molecular complexity index is 2010. The van der Waals surface area contributed by atoms with E-state index in [0.717, 1.165) is 54.9 Å². The quantitative estimate of drug-likeness (QED) is 0.153. The van der Waals surface area contributed by atoms with Crippen LogP contribution in [0.25, 0.3) is 21.5 Å². The summed E-state index contributed by atoms with van der Waals surface area (Å²) in [6.07, 6.45) is 16.1. The second kappa shape index (κ2) is 25.3. The Labute approximate surface area is 286 Å². The molecule has 0 atom stereocenters. The van der Waals surface area contributed by atoms with Crippen molar-refractivity contribution in [3.63, 3.8) is 0 Å². The predicted octanol–water partition coefficient (Wildman–Crippen LogP) is 11.5. The maximum atomic E-state index is 5.48. The Hall–Kier alpha value is -6.02. The fourth-order valence-corrected chi connectivity index (χ4v) is 4.11. The fourth-order valence-electron chi connectivity index (χ4n) is 4.11. The topological polar surface area (TPSA) is 0 Å². The molecule has 0 heteroatoms. The number of benzene rings is 5. The van der Waals surface area contributed by atoms with Gasteiger partial charge in [-0.25, -0.2) is 0 Å². The Morgan fingerprint density at radius 2 is 0.830 bits per heavy atom. The highest BCUT2D eigenvalue weighted by atomic mass is 14.0. The molecule has 0 amide bonds. The van der Waals surface area contributed by atoms with Gasteiger partial charge in [-0.3, -0.25) is 0 Å². The van der Waals surface area contributed by atoms with Crippen LogP contribution in [0, 0.1) is 72.6 Å². The molecule has 0 radical (unpaired) electrons. The van der Waals surface area contributed by atoms with Crippen molar-refractivity contribution in [1.82, 2.24) is 0 Å². The summed E-state index contributed by atoms with van der Waals surface area (Å²) in [4.78, 5) is 0. The predicted molar refractivity (Wildman–Crippen MR) is 210 cm³/mol. The van der Waals surface area contributed by atoms with E-state index in [1.54, 1.807) is 0 Å². The van der Waals surface area contributed by atoms with Crippen molar-refractivity contribution >= 4 is 21.5 Å². The first-order valence-electron chi connectivity index (χ1n) is 15.9. The summed E-state index contributed by atoms with van der Waals surface area (Å²) >= 11 is 0. The molecule has 0 unspecified atom stereocenters. The minimum Gasteiger partial charge on any atom is -0.115 e. The number of terminal acetylenes is 3. The number of rotatable bonds is 0. The first-order valence-corrected chi connectivity index (χ1v) is 15.9. The molecule has 0 aliphatic rings. The van der Waals surface area contributed by atoms with Crippen LogP contribution in [-0.2, 0) is 0 Å². The van der Waals surface area contributed by atoms with Gasteiger partial charge in [-0.2, -0.15) is 0 Å². The Morgan fingerprint density at radius 3 is 1.34 bits per heavy atom. The van der Waals surface area contributed by atoms with Crippen molar-refractivity contribution in [1.29, 1.82) is 0 Å². The molecule has 0 nitrogen and oxygen atoms in total. The van der Waals surface area contributed by atoms with Crippen molar-refractivity contribution in [3.8, 4) is 72.6 Å². The van der Waals surface area contributed by atoms with E-state index in [1.807, 2.05) is 135 Å². The van der Waals surface area contributed by atoms with Crippen LogP contribution in [0.5, 0.6) is 0 Å². The summed E-state index contributed by atoms with van der Waals surface area (Å²) < 4.78 is 0. The second-order valence-electron chi connectivity index (χ2n) is 8.63. The molecular weight excluding hydrogens is 565 g/mol. The van der Waals surface area contributed by atoms with E-state index in [1.165, 1.54) is 0 Å². The van der Waals surface area contributed by atoms with E-state index in [4.69, 9.17) is 19.3 Å². The zero-order valence-electron chi connectivity index (χ0n) is 29.5. The van der Waals surface area contributed by atoms with Gasteiger partial charge in [0.15, 0.2) is 0 Å². The van der Waals surface area contributed by atoms with Crippen molar-refractivity contribution in [2.75, 3.05) is 0 Å². The van der Waals surface area contributed by atoms with E-state index < -0.39 is 0 Å². The highest BCUT2D eigenvalue weighted by Gasteiger charge is 2.01. The Balaban J connectivity index is 0.000000631. The summed E-state index contributed by atoms with van der Waals surface area (Å²) in [6.45, 7) is 17.5. The molecule has 234 valence electrons. The fraction of sp³-hybridized carbons (Fsp3) is 0.191. The summed E-state index contributed by atoms with van der Waals surface area (Å²) in [7, 11) is 0. The van der Waals surface area contributed by atoms with Crippen LogP contribution in [0.15, 0.2) is 97.1 Å². The van der Waals surface area contributed by atoms with Crippen molar-refractivity contribution in [2.24, 2.45) is 0 Å². The van der Waals surface area contributed by atoms with Crippen LogP contribution in [0.1, 0.15) is 95.7 Å². The van der Waals surface area contributed by atoms with Crippen LogP contribution < -0.4 is 0 Å². The molecular formula is C47H46. The lowest BCUT2D eigenvalue weighted by Gasteiger charge is -2.01. The van der Waals surface area contributed by atoms with Gasteiger partial charge in [0.25, 0.3) is 0 Å². The smallest absolute Gasteiger partial charge is 0.0336 e. The average Bonchev–Trinajstić information content (AvgIpc) is 3.14. The van der Waals surface area contributed by atoms with E-state index in [2.05, 4.69) is 77.5 Å². The summed E-state index contributed by atoms with van der Waals surface area (Å²) in [5.41, 5.74) is 5.62. The molecule has 47 heavy (non-hydrogen) atoms. The van der Waals surface area contributed by atoms with Crippen LogP contribution in [0.4, 0.5) is 0 Å². The number of hydrogen-bond donors (Lipinski definition) is 0. The maximum absolute atomic E-state index is 5.48. The molecule has 5 aromatic carbocycles. The lowest BCUT2D eigenvalue weighted by molar-refractivity contribution is 1.50. The van der Waals surface area contributed by atoms with Crippen molar-refractivity contribution < 1.29 is 0 Å². The third-order valence-corrected chi connectivity index (χ3v) is 5.87. The molecule has 0 fully saturated rings. The third kappa shape index (κ3) is 13.7. The Morgan fingerprint density at radius 1 is 0.383 bits per heavy atom. The van der Waals surface area contributed by atoms with Gasteiger partial charge in [0.1, 0.15) is 0 Å². The van der Waals surface area contributed by atoms with Gasteiger partial charge >= 0.3 is 0 Å². The highest BCUT2D eigenvalue weighted by Crippen LogP contribution is 2.21. The van der Waals surface area contributed by atoms with E-state index >= 15 is 0 Å². The molecule has 0 heterocycles. The molecule has 0 aromatic heterocycles. The van der Waals surface area contributed by atoms with E-state index in [9.17, 15) is 0 Å². The largest absolute Gasteiger partial charge is 0.115 e. The molecule has 0 saturated heterocycles. The molecule has 0 aliphatic carbocycles. The van der Waals surface area contributed by atoms with Gasteiger partial charge in [0.05, 0.1) is 0 Å². The normalized spacial score (nSPS) is 7.96. The summed E-state index contributed by atoms with van der Waals surface area (Å²) in [6, 6.07) is 31.9. The third-order valence-electron chi connectivity index (χ3n) is 5.87. The molecule has 0 bridgehead atoms. The van der Waals surface area contributed by atoms with Crippen LogP contribution in [-0.4, -0.2) is 0 Å². The van der Waals surface area contributed by atoms with Crippen LogP contribution in [0.3, 0.4) is 0 Å². The second-order valence-corrected chi connectivity index (χ2v) is 8.63. The Kier molecular flexibility index (Phi) is 22.1. The lowest BCUT2D eigenvalue weighted by Crippen LogP contribution is -1.83. The summed E-state index contributed by atoms with van der Waals surface area (Å²) in [5, 5.41) is 4.56. The van der Waals surface area contributed by atoms with Gasteiger partial charge in [0.2, 0.25) is 0 Å². The van der Waals surface area contributed by atoms with E-state index in [0.29, 0.717) is 0 Å². The molecule has 0 spiro atoms. The minimum atomic E-state index is 0.880. The highest BCUT2D eigenvalue weighted by molar-refractivity contribution is 5.90. The first-order chi connectivity index (χ1) is 23.1. The number of fused-ring (bicyclic) bond motifs is 2. The molecule has 5 aromatic rings.